The third-order valence-corrected chi connectivity index (χ3v) is 101. The Hall–Kier alpha value is 2.08. The van der Waals surface area contributed by atoms with Crippen LogP contribution in [0.1, 0.15) is 54.0 Å². The highest BCUT2D eigenvalue weighted by Gasteiger charge is 2.63. The summed E-state index contributed by atoms with van der Waals surface area (Å²) in [5, 5.41) is 6.41. The van der Waals surface area contributed by atoms with Crippen molar-refractivity contribution in [2.75, 3.05) is 0 Å². The zero-order chi connectivity index (χ0) is 61.2. The Bertz CT molecular complexity index is 1980. The van der Waals surface area contributed by atoms with Crippen LogP contribution < -0.4 is 10.6 Å². The molecule has 0 fully saturated rings. The molecule has 0 saturated heterocycles. The maximum atomic E-state index is 3.08. The van der Waals surface area contributed by atoms with Gasteiger partial charge in [-0.25, -0.2) is 0 Å². The quantitative estimate of drug-likeness (QED) is 0.0814. The minimum Gasteiger partial charge on any atom is -0.0693 e. The molecular formula is C60H134P2Si14. The van der Waals surface area contributed by atoms with E-state index in [-0.39, 0.29) is 0 Å². The molecule has 2 aromatic rings. The van der Waals surface area contributed by atoms with Gasteiger partial charge >= 0.3 is 0 Å². The zero-order valence-corrected chi connectivity index (χ0v) is 75.3. The third kappa shape index (κ3) is 15.0. The predicted octanol–water partition coefficient (Wildman–Crippen LogP) is 22.5. The molecule has 0 amide bonds. The van der Waals surface area contributed by atoms with E-state index in [4.69, 9.17) is 0 Å². The molecule has 2 aromatic carbocycles. The lowest BCUT2D eigenvalue weighted by Gasteiger charge is -2.60. The SMILES string of the molecule is C[Si](C)(C)C(c1cc(C([Si](C)(C)C)([Si](C)(C)C)[Si](C)(C)C)cc(C([Si](C)(C)C)[Si](C)(C)C)c1P=Pc1c(C([Si](C)(C)C)[Si](C)(C)C)cc(C([Si](C)(C)C)([Si](C)(C)C)[Si](C)(C)C)cc1C([Si](C)(C)C)[Si](C)(C)C)[Si](C)(C)C. The van der Waals surface area contributed by atoms with Crippen molar-refractivity contribution in [1.29, 1.82) is 0 Å². The lowest BCUT2D eigenvalue weighted by molar-refractivity contribution is 0.994. The first-order chi connectivity index (χ1) is 32.6. The molecule has 0 N–H and O–H groups in total. The van der Waals surface area contributed by atoms with Gasteiger partial charge in [-0.1, -0.05) is 299 Å². The van der Waals surface area contributed by atoms with E-state index in [1.165, 1.54) is 0 Å². The van der Waals surface area contributed by atoms with E-state index in [0.717, 1.165) is 0 Å². The minimum atomic E-state index is -1.82. The zero-order valence-electron chi connectivity index (χ0n) is 59.5. The smallest absolute Gasteiger partial charge is 0.0499 e. The van der Waals surface area contributed by atoms with Gasteiger partial charge in [0.25, 0.3) is 0 Å². The van der Waals surface area contributed by atoms with Crippen LogP contribution in [-0.4, -0.2) is 113 Å². The van der Waals surface area contributed by atoms with E-state index in [1.807, 2.05) is 44.0 Å². The van der Waals surface area contributed by atoms with Gasteiger partial charge in [-0.3, -0.25) is 0 Å². The molecule has 0 radical (unpaired) electrons. The van der Waals surface area contributed by atoms with Crippen LogP contribution in [0, 0.1) is 0 Å². The molecule has 0 spiro atoms. The van der Waals surface area contributed by atoms with Crippen LogP contribution in [0.2, 0.25) is 275 Å². The molecule has 0 atom stereocenters. The lowest BCUT2D eigenvalue weighted by atomic mass is 10.1. The summed E-state index contributed by atoms with van der Waals surface area (Å²) in [5.41, 5.74) is 11.2. The summed E-state index contributed by atoms with van der Waals surface area (Å²) >= 11 is 0. The Morgan fingerprint density at radius 3 is 0.434 bits per heavy atom. The van der Waals surface area contributed by atoms with Crippen LogP contribution in [0.3, 0.4) is 0 Å². The van der Waals surface area contributed by atoms with Crippen LogP contribution >= 0.6 is 15.7 Å². The Labute approximate surface area is 496 Å². The molecule has 440 valence electrons. The molecule has 2 rings (SSSR count). The van der Waals surface area contributed by atoms with Crippen molar-refractivity contribution in [3.05, 3.63) is 57.6 Å². The summed E-state index contributed by atoms with van der Waals surface area (Å²) in [7, 11) is -21.9. The van der Waals surface area contributed by atoms with Crippen LogP contribution in [0.25, 0.3) is 0 Å². The van der Waals surface area contributed by atoms with E-state index >= 15 is 0 Å². The number of hydrogen-bond acceptors (Lipinski definition) is 0. The summed E-state index contributed by atoms with van der Waals surface area (Å²) in [5.74, 6) is 0. The maximum absolute atomic E-state index is 3.08. The lowest BCUT2D eigenvalue weighted by Crippen LogP contribution is -2.74. The fourth-order valence-corrected chi connectivity index (χ4v) is 137. The van der Waals surface area contributed by atoms with Crippen molar-refractivity contribution in [3.63, 3.8) is 0 Å². The molecule has 0 aliphatic heterocycles. The van der Waals surface area contributed by atoms with Crippen molar-refractivity contribution in [2.45, 2.75) is 304 Å². The van der Waals surface area contributed by atoms with Gasteiger partial charge in [0.05, 0.1) is 0 Å². The van der Waals surface area contributed by atoms with Crippen LogP contribution in [-0.2, 0) is 8.57 Å². The second-order valence-corrected chi connectivity index (χ2v) is 122. The molecule has 0 saturated carbocycles. The van der Waals surface area contributed by atoms with Gasteiger partial charge in [-0.15, -0.1) is 0 Å². The first-order valence-electron chi connectivity index (χ1n) is 30.4. The average Bonchev–Trinajstić information content (AvgIpc) is 2.99. The Balaban J connectivity index is 4.21. The fraction of sp³-hybridized carbons (Fsp3) is 0.800. The van der Waals surface area contributed by atoms with Gasteiger partial charge in [0.1, 0.15) is 0 Å². The van der Waals surface area contributed by atoms with E-state index in [1.54, 1.807) is 15.7 Å². The molecule has 0 unspecified atom stereocenters. The molecule has 0 aliphatic rings. The summed E-state index contributed by atoms with van der Waals surface area (Å²) < 4.78 is 0.651. The number of rotatable bonds is 22. The van der Waals surface area contributed by atoms with Crippen molar-refractivity contribution < 1.29 is 0 Å². The standard InChI is InChI=1S/C60H134P2Si14/c1-63(2,3)55(64(4,5)6)49-43-47(59(71(25,26)27,72(28,29)30)73(31,32)33)44-50(56(65(7,8)9)66(10,11)12)53(49)61-62-54-51(57(67(13,14)15)68(16,17)18)45-48(46-52(54)58(69(19,20)21)70(22,23)24)60(74(34,35)36,75(37,38)39)76(40,41)42/h43-46,55-58H,1-42H3. The molecule has 0 heterocycles. The van der Waals surface area contributed by atoms with Crippen molar-refractivity contribution >= 4 is 139 Å². The van der Waals surface area contributed by atoms with Gasteiger partial charge in [0.2, 0.25) is 0 Å². The number of hydrogen-bond donors (Lipinski definition) is 0. The number of benzene rings is 2. The minimum absolute atomic E-state index is 0.325. The monoisotopic (exact) mass is 1310 g/mol. The van der Waals surface area contributed by atoms with Gasteiger partial charge in [-0.2, -0.15) is 0 Å². The highest BCUT2D eigenvalue weighted by atomic mass is 31.7. The Morgan fingerprint density at radius 1 is 0.224 bits per heavy atom. The molecule has 16 heteroatoms. The summed E-state index contributed by atoms with van der Waals surface area (Å²) in [6.07, 6.45) is 0. The summed E-state index contributed by atoms with van der Waals surface area (Å²) in [6.45, 7) is 117. The third-order valence-electron chi connectivity index (χ3n) is 18.4. The maximum Gasteiger partial charge on any atom is 0.0499 e. The van der Waals surface area contributed by atoms with Crippen molar-refractivity contribution in [2.24, 2.45) is 0 Å². The summed E-state index contributed by atoms with van der Waals surface area (Å²) in [4.78, 5) is 0. The highest BCUT2D eigenvalue weighted by molar-refractivity contribution is 7.91. The van der Waals surface area contributed by atoms with Crippen molar-refractivity contribution in [1.82, 2.24) is 0 Å². The van der Waals surface area contributed by atoms with Crippen LogP contribution in [0.15, 0.2) is 24.3 Å². The molecular weight excluding hydrogens is 1180 g/mol. The second-order valence-electron chi connectivity index (χ2n) is 39.9. The molecule has 0 aliphatic carbocycles. The normalized spacial score (nSPS) is 15.9. The van der Waals surface area contributed by atoms with Crippen LogP contribution in [0.5, 0.6) is 0 Å². The Morgan fingerprint density at radius 2 is 0.342 bits per heavy atom. The van der Waals surface area contributed by atoms with E-state index in [9.17, 15) is 0 Å². The first-order valence-corrected chi connectivity index (χ1v) is 82.5. The van der Waals surface area contributed by atoms with Gasteiger partial charge in [-0.05, 0) is 78.3 Å². The molecule has 0 aromatic heterocycles. The topological polar surface area (TPSA) is 0 Å². The van der Waals surface area contributed by atoms with E-state index in [2.05, 4.69) is 299 Å². The van der Waals surface area contributed by atoms with E-state index in [0.29, 0.717) is 29.2 Å². The summed E-state index contributed by atoms with van der Waals surface area (Å²) in [6, 6.07) is 12.3. The molecule has 76 heavy (non-hydrogen) atoms. The fourth-order valence-electron chi connectivity index (χ4n) is 21.3. The Kier molecular flexibility index (Phi) is 22.2. The first kappa shape index (κ1) is 74.2. The molecule has 0 nitrogen and oxygen atoms in total. The average molecular weight is 1310 g/mol. The largest absolute Gasteiger partial charge is 0.0693 e. The van der Waals surface area contributed by atoms with Crippen molar-refractivity contribution in [3.8, 4) is 0 Å². The molecule has 0 bridgehead atoms. The van der Waals surface area contributed by atoms with Gasteiger partial charge in [0.15, 0.2) is 0 Å². The van der Waals surface area contributed by atoms with Crippen LogP contribution in [0.4, 0.5) is 0 Å². The second kappa shape index (κ2) is 22.7. The predicted molar refractivity (Wildman–Crippen MR) is 407 cm³/mol. The van der Waals surface area contributed by atoms with Gasteiger partial charge in [0, 0.05) is 124 Å². The highest BCUT2D eigenvalue weighted by Crippen LogP contribution is 2.55. The van der Waals surface area contributed by atoms with E-state index < -0.39 is 113 Å². The van der Waals surface area contributed by atoms with Gasteiger partial charge < -0.3 is 0 Å².